The predicted molar refractivity (Wildman–Crippen MR) is 175 cm³/mol. The summed E-state index contributed by atoms with van der Waals surface area (Å²) in [6.07, 6.45) is 0. The number of fused-ring (bicyclic) bond motifs is 3. The number of aromatic amines is 1. The van der Waals surface area contributed by atoms with Crippen LogP contribution in [0.3, 0.4) is 0 Å². The number of piperazine rings is 1. The van der Waals surface area contributed by atoms with E-state index in [0.29, 0.717) is 59.2 Å². The van der Waals surface area contributed by atoms with Gasteiger partial charge < -0.3 is 30.2 Å². The third-order valence-electron chi connectivity index (χ3n) is 8.28. The number of ether oxygens (including phenoxy) is 1. The zero-order valence-corrected chi connectivity index (χ0v) is 26.6. The molecule has 1 aliphatic heterocycles. The van der Waals surface area contributed by atoms with Crippen molar-refractivity contribution in [2.45, 2.75) is 47.0 Å². The number of nitrogens with one attached hydrogen (secondary N) is 2. The number of methoxy groups -OCH3 is 1. The summed E-state index contributed by atoms with van der Waals surface area (Å²) in [7, 11) is 1.57. The zero-order valence-electron chi connectivity index (χ0n) is 26.6. The fraction of sp³-hybridized carbons (Fsp3) is 0.412. The maximum atomic E-state index is 13.9. The van der Waals surface area contributed by atoms with Gasteiger partial charge in [0.2, 0.25) is 0 Å². The van der Waals surface area contributed by atoms with E-state index in [2.05, 4.69) is 36.7 Å². The molecular weight excluding hydrogens is 556 g/mol. The number of allylic oxidation sites excluding steroid dienone is 2. The summed E-state index contributed by atoms with van der Waals surface area (Å²) >= 11 is 0. The summed E-state index contributed by atoms with van der Waals surface area (Å²) in [5.41, 5.74) is 5.59. The van der Waals surface area contributed by atoms with Gasteiger partial charge in [0.05, 0.1) is 30.6 Å². The first-order chi connectivity index (χ1) is 20.8. The van der Waals surface area contributed by atoms with Crippen molar-refractivity contribution in [3.63, 3.8) is 0 Å². The van der Waals surface area contributed by atoms with E-state index < -0.39 is 0 Å². The lowest BCUT2D eigenvalue weighted by Gasteiger charge is -2.34. The molecule has 0 atom stereocenters. The molecule has 10 heteroatoms. The number of rotatable bonds is 7. The molecular formula is C34H42N6O4. The molecule has 1 amide bonds. The standard InChI is InChI=1S/C34H42N6O4/c1-19(35)29(20(2)42)26-17-27-25(18-28(26)44-7)30-31(36-21(3)37-32(30)38-27)22-14-23(16-24(15-22)34(4,5)6)33(43)40-10-8-39(9-11-40)12-13-41/h14-18,35,41-42H,8-13H2,1-7H3,(H,36,37,38)/b29-20+,35-19?. The van der Waals surface area contributed by atoms with Crippen LogP contribution < -0.4 is 4.74 Å². The summed E-state index contributed by atoms with van der Waals surface area (Å²) in [5.74, 6) is 1.12. The second-order valence-electron chi connectivity index (χ2n) is 12.6. The van der Waals surface area contributed by atoms with Gasteiger partial charge >= 0.3 is 0 Å². The number of aryl methyl sites for hydroxylation is 1. The summed E-state index contributed by atoms with van der Waals surface area (Å²) in [6.45, 7) is 14.8. The lowest BCUT2D eigenvalue weighted by Crippen LogP contribution is -2.49. The lowest BCUT2D eigenvalue weighted by molar-refractivity contribution is 0.0615. The smallest absolute Gasteiger partial charge is 0.253 e. The van der Waals surface area contributed by atoms with Crippen molar-refractivity contribution in [1.29, 1.82) is 5.41 Å². The van der Waals surface area contributed by atoms with Crippen molar-refractivity contribution in [2.24, 2.45) is 0 Å². The molecule has 1 aliphatic rings. The number of aliphatic hydroxyl groups excluding tert-OH is 2. The van der Waals surface area contributed by atoms with E-state index in [0.717, 1.165) is 40.5 Å². The Labute approximate surface area is 257 Å². The molecule has 0 aliphatic carbocycles. The van der Waals surface area contributed by atoms with Gasteiger partial charge in [-0.1, -0.05) is 20.8 Å². The number of hydrogen-bond donors (Lipinski definition) is 4. The highest BCUT2D eigenvalue weighted by molar-refractivity contribution is 6.23. The van der Waals surface area contributed by atoms with Gasteiger partial charge in [0.15, 0.2) is 0 Å². The Morgan fingerprint density at radius 1 is 1.07 bits per heavy atom. The predicted octanol–water partition coefficient (Wildman–Crippen LogP) is 5.47. The van der Waals surface area contributed by atoms with Gasteiger partial charge in [-0.2, -0.15) is 0 Å². The van der Waals surface area contributed by atoms with Crippen LogP contribution in [0.2, 0.25) is 0 Å². The number of H-pyrrole nitrogens is 1. The molecule has 2 aromatic heterocycles. The third-order valence-corrected chi connectivity index (χ3v) is 8.28. The van der Waals surface area contributed by atoms with Gasteiger partial charge in [-0.15, -0.1) is 0 Å². The van der Waals surface area contributed by atoms with Gasteiger partial charge in [-0.25, -0.2) is 9.97 Å². The van der Waals surface area contributed by atoms with Crippen LogP contribution in [0.25, 0.3) is 38.8 Å². The van der Waals surface area contributed by atoms with E-state index in [4.69, 9.17) is 20.1 Å². The van der Waals surface area contributed by atoms with Gasteiger partial charge in [-0.3, -0.25) is 9.69 Å². The minimum Gasteiger partial charge on any atom is -0.512 e. The van der Waals surface area contributed by atoms with E-state index in [9.17, 15) is 15.0 Å². The molecule has 3 heterocycles. The molecule has 10 nitrogen and oxygen atoms in total. The fourth-order valence-corrected chi connectivity index (χ4v) is 6.00. The molecule has 232 valence electrons. The van der Waals surface area contributed by atoms with Crippen LogP contribution in [0.5, 0.6) is 5.75 Å². The van der Waals surface area contributed by atoms with Crippen LogP contribution in [0.15, 0.2) is 36.1 Å². The Kier molecular flexibility index (Phi) is 8.51. The van der Waals surface area contributed by atoms with E-state index in [1.165, 1.54) is 0 Å². The van der Waals surface area contributed by atoms with Gasteiger partial charge in [0, 0.05) is 71.6 Å². The highest BCUT2D eigenvalue weighted by Gasteiger charge is 2.26. The Bertz CT molecular complexity index is 1790. The maximum absolute atomic E-state index is 13.9. The number of amides is 1. The normalized spacial score (nSPS) is 15.1. The average Bonchev–Trinajstić information content (AvgIpc) is 3.32. The number of nitrogens with zero attached hydrogens (tertiary/aromatic N) is 4. The van der Waals surface area contributed by atoms with Crippen LogP contribution in [0.4, 0.5) is 0 Å². The molecule has 4 N–H and O–H groups in total. The Morgan fingerprint density at radius 2 is 1.77 bits per heavy atom. The van der Waals surface area contributed by atoms with Crippen LogP contribution >= 0.6 is 0 Å². The number of aromatic nitrogens is 3. The third kappa shape index (κ3) is 5.92. The number of hydrogen-bond acceptors (Lipinski definition) is 8. The van der Waals surface area contributed by atoms with Crippen molar-refractivity contribution in [3.8, 4) is 17.0 Å². The van der Waals surface area contributed by atoms with Crippen LogP contribution in [-0.4, -0.2) is 93.0 Å². The topological polar surface area (TPSA) is 139 Å². The molecule has 0 radical (unpaired) electrons. The summed E-state index contributed by atoms with van der Waals surface area (Å²) < 4.78 is 5.76. The van der Waals surface area contributed by atoms with Gasteiger partial charge in [0.25, 0.3) is 5.91 Å². The molecule has 0 bridgehead atoms. The molecule has 2 aromatic carbocycles. The SMILES string of the molecule is COc1cc2c(cc1/C(C(C)=N)=C(\C)O)[nH]c1nc(C)nc(-c3cc(C(=O)N4CCN(CCO)CC4)cc(C(C)(C)C)c3)c12. The largest absolute Gasteiger partial charge is 0.512 e. The van der Waals surface area contributed by atoms with E-state index in [1.807, 2.05) is 36.1 Å². The lowest BCUT2D eigenvalue weighted by atomic mass is 9.84. The van der Waals surface area contributed by atoms with Crippen molar-refractivity contribution in [2.75, 3.05) is 46.4 Å². The summed E-state index contributed by atoms with van der Waals surface area (Å²) in [6, 6.07) is 9.79. The second-order valence-corrected chi connectivity index (χ2v) is 12.6. The number of aliphatic hydroxyl groups is 2. The molecule has 0 spiro atoms. The number of benzene rings is 2. The molecule has 0 saturated carbocycles. The molecule has 5 rings (SSSR count). The fourth-order valence-electron chi connectivity index (χ4n) is 6.00. The summed E-state index contributed by atoms with van der Waals surface area (Å²) in [4.78, 5) is 31.0. The molecule has 0 unspecified atom stereocenters. The summed E-state index contributed by atoms with van der Waals surface area (Å²) in [5, 5.41) is 29.6. The molecule has 1 fully saturated rings. The minimum atomic E-state index is -0.222. The highest BCUT2D eigenvalue weighted by Crippen LogP contribution is 2.40. The minimum absolute atomic E-state index is 0.0195. The van der Waals surface area contributed by atoms with E-state index >= 15 is 0 Å². The van der Waals surface area contributed by atoms with Gasteiger partial charge in [-0.05, 0) is 62.1 Å². The van der Waals surface area contributed by atoms with E-state index in [1.54, 1.807) is 21.0 Å². The van der Waals surface area contributed by atoms with Gasteiger partial charge in [0.1, 0.15) is 17.2 Å². The quantitative estimate of drug-likeness (QED) is 0.163. The van der Waals surface area contributed by atoms with Crippen molar-refractivity contribution in [3.05, 3.63) is 58.6 Å². The second kappa shape index (κ2) is 12.0. The van der Waals surface area contributed by atoms with Crippen LogP contribution in [-0.2, 0) is 5.41 Å². The number of β-amino-alcohol motifs (C(OH)–C–C–N with tert-alkyl or cyclic N) is 1. The molecule has 1 saturated heterocycles. The highest BCUT2D eigenvalue weighted by atomic mass is 16.5. The molecule has 4 aromatic rings. The Hall–Kier alpha value is -4.28. The van der Waals surface area contributed by atoms with Crippen LogP contribution in [0, 0.1) is 12.3 Å². The molecule has 44 heavy (non-hydrogen) atoms. The first kappa shape index (κ1) is 31.2. The zero-order chi connectivity index (χ0) is 31.9. The van der Waals surface area contributed by atoms with Crippen molar-refractivity contribution >= 4 is 39.1 Å². The van der Waals surface area contributed by atoms with Crippen LogP contribution in [0.1, 0.15) is 61.9 Å². The first-order valence-electron chi connectivity index (χ1n) is 14.9. The van der Waals surface area contributed by atoms with E-state index in [-0.39, 0.29) is 29.4 Å². The number of carbonyl (C=O) groups excluding carboxylic acids is 1. The van der Waals surface area contributed by atoms with Crippen molar-refractivity contribution in [1.82, 2.24) is 24.8 Å². The Balaban J connectivity index is 1.70. The monoisotopic (exact) mass is 598 g/mol. The first-order valence-corrected chi connectivity index (χ1v) is 14.9. The maximum Gasteiger partial charge on any atom is 0.253 e. The average molecular weight is 599 g/mol. The van der Waals surface area contributed by atoms with Crippen molar-refractivity contribution < 1.29 is 19.7 Å². The Morgan fingerprint density at radius 3 is 2.36 bits per heavy atom. The number of carbonyl (C=O) groups is 1.